The summed E-state index contributed by atoms with van der Waals surface area (Å²) < 4.78 is 0. The minimum Gasteiger partial charge on any atom is -0.363 e. The molecule has 1 aromatic heterocycles. The van der Waals surface area contributed by atoms with E-state index in [9.17, 15) is 0 Å². The van der Waals surface area contributed by atoms with Crippen LogP contribution in [0.15, 0.2) is 18.3 Å². The van der Waals surface area contributed by atoms with E-state index in [0.717, 1.165) is 26.2 Å². The van der Waals surface area contributed by atoms with Crippen molar-refractivity contribution in [2.45, 2.75) is 17.7 Å². The van der Waals surface area contributed by atoms with Crippen molar-refractivity contribution in [3.8, 4) is 0 Å². The van der Waals surface area contributed by atoms with E-state index in [4.69, 9.17) is 0 Å². The number of aromatic nitrogens is 1. The number of nitrogens with zero attached hydrogens (tertiary/aromatic N) is 1. The molecule has 2 aliphatic heterocycles. The Bertz CT molecular complexity index is 341. The molecule has 3 heterocycles. The lowest BCUT2D eigenvalue weighted by Gasteiger charge is -2.46. The average molecular weight is 269 g/mol. The van der Waals surface area contributed by atoms with E-state index in [0.29, 0.717) is 0 Å². The highest BCUT2D eigenvalue weighted by Crippen LogP contribution is 2.52. The SMILES string of the molecule is c1c[nH]c(C2(N3CCNCC3)CCCSS2)c1. The van der Waals surface area contributed by atoms with E-state index < -0.39 is 0 Å². The maximum absolute atomic E-state index is 3.45. The number of aromatic amines is 1. The standard InChI is InChI=1S/C12H19N3S2/c1-3-11(14-5-1)12(4-2-10-16-17-12)15-8-6-13-7-9-15/h1,3,5,13-14H,2,4,6-10H2. The molecule has 0 bridgehead atoms. The van der Waals surface area contributed by atoms with E-state index in [2.05, 4.69) is 44.3 Å². The minimum atomic E-state index is 0.189. The molecule has 5 heteroatoms. The molecular formula is C12H19N3S2. The van der Waals surface area contributed by atoms with Crippen LogP contribution in [0.5, 0.6) is 0 Å². The van der Waals surface area contributed by atoms with Crippen LogP contribution in [0.3, 0.4) is 0 Å². The van der Waals surface area contributed by atoms with Crippen molar-refractivity contribution in [1.29, 1.82) is 0 Å². The van der Waals surface area contributed by atoms with Crippen LogP contribution in [0.4, 0.5) is 0 Å². The lowest BCUT2D eigenvalue weighted by atomic mass is 10.0. The summed E-state index contributed by atoms with van der Waals surface area (Å²) in [5.41, 5.74) is 1.39. The van der Waals surface area contributed by atoms with Gasteiger partial charge in [-0.3, -0.25) is 4.90 Å². The van der Waals surface area contributed by atoms with Crippen molar-refractivity contribution < 1.29 is 0 Å². The van der Waals surface area contributed by atoms with E-state index in [-0.39, 0.29) is 4.87 Å². The summed E-state index contributed by atoms with van der Waals surface area (Å²) in [6.07, 6.45) is 4.64. The highest BCUT2D eigenvalue weighted by molar-refractivity contribution is 8.77. The van der Waals surface area contributed by atoms with Gasteiger partial charge in [0.05, 0.1) is 0 Å². The molecule has 2 saturated heterocycles. The lowest BCUT2D eigenvalue weighted by molar-refractivity contribution is 0.135. The van der Waals surface area contributed by atoms with Crippen molar-refractivity contribution in [3.63, 3.8) is 0 Å². The highest BCUT2D eigenvalue weighted by Gasteiger charge is 2.42. The Labute approximate surface area is 111 Å². The highest BCUT2D eigenvalue weighted by atomic mass is 33.1. The third-order valence-electron chi connectivity index (χ3n) is 3.59. The van der Waals surface area contributed by atoms with Crippen molar-refractivity contribution in [2.75, 3.05) is 31.9 Å². The maximum Gasteiger partial charge on any atom is 0.118 e. The first kappa shape index (κ1) is 12.0. The molecule has 1 unspecified atom stereocenters. The van der Waals surface area contributed by atoms with Crippen molar-refractivity contribution in [1.82, 2.24) is 15.2 Å². The van der Waals surface area contributed by atoms with E-state index in [1.165, 1.54) is 24.3 Å². The number of hydrogen-bond donors (Lipinski definition) is 2. The van der Waals surface area contributed by atoms with Gasteiger partial charge in [-0.15, -0.1) is 0 Å². The predicted molar refractivity (Wildman–Crippen MR) is 76.2 cm³/mol. The van der Waals surface area contributed by atoms with Crippen molar-refractivity contribution in [3.05, 3.63) is 24.0 Å². The van der Waals surface area contributed by atoms with Gasteiger partial charge in [0.25, 0.3) is 0 Å². The maximum atomic E-state index is 3.45. The smallest absolute Gasteiger partial charge is 0.118 e. The Kier molecular flexibility index (Phi) is 3.70. The number of H-pyrrole nitrogens is 1. The minimum absolute atomic E-state index is 0.189. The number of piperazine rings is 1. The monoisotopic (exact) mass is 269 g/mol. The number of nitrogens with one attached hydrogen (secondary N) is 2. The number of rotatable bonds is 2. The molecule has 0 saturated carbocycles. The predicted octanol–water partition coefficient (Wildman–Crippen LogP) is 2.25. The summed E-state index contributed by atoms with van der Waals surface area (Å²) in [5, 5.41) is 3.45. The molecule has 3 nitrogen and oxygen atoms in total. The van der Waals surface area contributed by atoms with Gasteiger partial charge in [0.15, 0.2) is 0 Å². The molecule has 1 atom stereocenters. The third kappa shape index (κ3) is 2.26. The second-order valence-corrected chi connectivity index (χ2v) is 7.31. The summed E-state index contributed by atoms with van der Waals surface area (Å²) in [4.78, 5) is 6.30. The first-order valence-electron chi connectivity index (χ1n) is 6.32. The van der Waals surface area contributed by atoms with Crippen molar-refractivity contribution in [2.24, 2.45) is 0 Å². The summed E-state index contributed by atoms with van der Waals surface area (Å²) in [6, 6.07) is 4.38. The summed E-state index contributed by atoms with van der Waals surface area (Å²) >= 11 is 0. The molecule has 2 aliphatic rings. The van der Waals surface area contributed by atoms with Gasteiger partial charge < -0.3 is 10.3 Å². The fourth-order valence-electron chi connectivity index (χ4n) is 2.71. The fraction of sp³-hybridized carbons (Fsp3) is 0.667. The Morgan fingerprint density at radius 1 is 1.29 bits per heavy atom. The van der Waals surface area contributed by atoms with E-state index in [1.807, 2.05) is 10.8 Å². The molecule has 17 heavy (non-hydrogen) atoms. The molecule has 0 radical (unpaired) electrons. The van der Waals surface area contributed by atoms with Crippen molar-refractivity contribution >= 4 is 21.6 Å². The van der Waals surface area contributed by atoms with Gasteiger partial charge in [-0.2, -0.15) is 0 Å². The Morgan fingerprint density at radius 2 is 2.18 bits per heavy atom. The zero-order valence-corrected chi connectivity index (χ0v) is 11.6. The molecule has 2 N–H and O–H groups in total. The topological polar surface area (TPSA) is 31.1 Å². The summed E-state index contributed by atoms with van der Waals surface area (Å²) in [5.74, 6) is 1.29. The van der Waals surface area contributed by atoms with Crippen LogP contribution in [-0.2, 0) is 4.87 Å². The van der Waals surface area contributed by atoms with Gasteiger partial charge in [-0.1, -0.05) is 21.6 Å². The van der Waals surface area contributed by atoms with Gasteiger partial charge in [0, 0.05) is 43.8 Å². The van der Waals surface area contributed by atoms with Gasteiger partial charge in [-0.05, 0) is 25.0 Å². The molecule has 2 fully saturated rings. The van der Waals surface area contributed by atoms with Crippen LogP contribution in [0.2, 0.25) is 0 Å². The first-order chi connectivity index (χ1) is 8.42. The molecular weight excluding hydrogens is 250 g/mol. The van der Waals surface area contributed by atoms with Gasteiger partial charge in [0.2, 0.25) is 0 Å². The van der Waals surface area contributed by atoms with Crippen LogP contribution in [0.25, 0.3) is 0 Å². The molecule has 0 aromatic carbocycles. The Morgan fingerprint density at radius 3 is 2.82 bits per heavy atom. The lowest BCUT2D eigenvalue weighted by Crippen LogP contribution is -2.53. The quantitative estimate of drug-likeness (QED) is 0.806. The van der Waals surface area contributed by atoms with Gasteiger partial charge in [-0.25, -0.2) is 0 Å². The van der Waals surface area contributed by atoms with Crippen LogP contribution in [0.1, 0.15) is 18.5 Å². The molecule has 1 aromatic rings. The molecule has 0 spiro atoms. The largest absolute Gasteiger partial charge is 0.363 e. The zero-order chi connectivity index (χ0) is 11.6. The summed E-state index contributed by atoms with van der Waals surface area (Å²) in [7, 11) is 4.09. The third-order valence-corrected chi connectivity index (χ3v) is 6.80. The molecule has 0 aliphatic carbocycles. The van der Waals surface area contributed by atoms with Crippen LogP contribution < -0.4 is 5.32 Å². The molecule has 0 amide bonds. The normalized spacial score (nSPS) is 31.5. The Hall–Kier alpha value is -0.100. The second kappa shape index (κ2) is 5.26. The van der Waals surface area contributed by atoms with Gasteiger partial charge in [0.1, 0.15) is 4.87 Å². The first-order valence-corrected chi connectivity index (χ1v) is 8.64. The van der Waals surface area contributed by atoms with Crippen LogP contribution >= 0.6 is 21.6 Å². The van der Waals surface area contributed by atoms with Crippen LogP contribution in [-0.4, -0.2) is 41.8 Å². The fourth-order valence-corrected chi connectivity index (χ4v) is 6.01. The average Bonchev–Trinajstić information content (AvgIpc) is 2.95. The summed E-state index contributed by atoms with van der Waals surface area (Å²) in [6.45, 7) is 4.56. The second-order valence-electron chi connectivity index (χ2n) is 4.61. The van der Waals surface area contributed by atoms with Crippen LogP contribution in [0, 0.1) is 0 Å². The zero-order valence-electron chi connectivity index (χ0n) is 9.95. The number of hydrogen-bond acceptors (Lipinski definition) is 4. The van der Waals surface area contributed by atoms with Gasteiger partial charge >= 0.3 is 0 Å². The van der Waals surface area contributed by atoms with E-state index in [1.54, 1.807) is 0 Å². The molecule has 94 valence electrons. The van der Waals surface area contributed by atoms with E-state index >= 15 is 0 Å². The Balaban J connectivity index is 1.89. The molecule has 3 rings (SSSR count).